The summed E-state index contributed by atoms with van der Waals surface area (Å²) in [6.07, 6.45) is 0. The van der Waals surface area contributed by atoms with Crippen molar-refractivity contribution >= 4 is 23.2 Å². The molecule has 0 unspecified atom stereocenters. The molecule has 0 amide bonds. The lowest BCUT2D eigenvalue weighted by molar-refractivity contribution is 1.20. The first-order valence-electron chi connectivity index (χ1n) is 9.37. The van der Waals surface area contributed by atoms with Crippen LogP contribution in [0.4, 0.5) is 0 Å². The molecule has 134 valence electrons. The Morgan fingerprint density at radius 3 is 1.14 bits per heavy atom. The van der Waals surface area contributed by atoms with Gasteiger partial charge in [0.15, 0.2) is 5.66 Å². The van der Waals surface area contributed by atoms with E-state index in [1.54, 1.807) is 0 Å². The van der Waals surface area contributed by atoms with Crippen molar-refractivity contribution in [2.75, 3.05) is 0 Å². The molecule has 28 heavy (non-hydrogen) atoms. The molecular weight excluding hydrogens is 357 g/mol. The second kappa shape index (κ2) is 8.22. The van der Waals surface area contributed by atoms with Gasteiger partial charge in [-0.15, -0.1) is 0 Å². The number of benzene rings is 4. The van der Waals surface area contributed by atoms with Gasteiger partial charge in [-0.2, -0.15) is 5.26 Å². The Balaban J connectivity index is 2.12. The summed E-state index contributed by atoms with van der Waals surface area (Å²) in [6.45, 7) is 0. The van der Waals surface area contributed by atoms with E-state index in [1.165, 1.54) is 15.9 Å². The minimum atomic E-state index is -2.25. The van der Waals surface area contributed by atoms with E-state index in [0.29, 0.717) is 0 Å². The summed E-state index contributed by atoms with van der Waals surface area (Å²) in [4.78, 5) is 0. The molecule has 4 aromatic carbocycles. The molecule has 1 atom stereocenters. The van der Waals surface area contributed by atoms with Crippen LogP contribution in [-0.4, -0.2) is 0 Å². The van der Waals surface area contributed by atoms with Gasteiger partial charge in [0, 0.05) is 5.56 Å². The lowest BCUT2D eigenvalue weighted by Gasteiger charge is -2.31. The van der Waals surface area contributed by atoms with Crippen molar-refractivity contribution in [2.24, 2.45) is 0 Å². The van der Waals surface area contributed by atoms with Gasteiger partial charge in [0.25, 0.3) is 0 Å². The lowest BCUT2D eigenvalue weighted by Crippen LogP contribution is -2.34. The zero-order valence-corrected chi connectivity index (χ0v) is 16.4. The molecule has 0 aliphatic heterocycles. The molecule has 0 aromatic heterocycles. The number of rotatable bonds is 5. The first kappa shape index (κ1) is 18.2. The third-order valence-corrected chi connectivity index (χ3v) is 9.64. The van der Waals surface area contributed by atoms with Crippen LogP contribution in [0.15, 0.2) is 121 Å². The van der Waals surface area contributed by atoms with Crippen LogP contribution in [0.2, 0.25) is 0 Å². The van der Waals surface area contributed by atoms with Crippen molar-refractivity contribution < 1.29 is 0 Å². The van der Waals surface area contributed by atoms with E-state index in [4.69, 9.17) is 0 Å². The Morgan fingerprint density at radius 2 is 0.821 bits per heavy atom. The van der Waals surface area contributed by atoms with Crippen LogP contribution in [0, 0.1) is 11.3 Å². The molecule has 0 N–H and O–H groups in total. The smallest absolute Gasteiger partial charge is 0.193 e. The highest BCUT2D eigenvalue weighted by Crippen LogP contribution is 2.66. The van der Waals surface area contributed by atoms with Crippen molar-refractivity contribution in [2.45, 2.75) is 5.66 Å². The second-order valence-electron chi connectivity index (χ2n) is 6.67. The van der Waals surface area contributed by atoms with Gasteiger partial charge < -0.3 is 0 Å². The van der Waals surface area contributed by atoms with Crippen LogP contribution in [-0.2, 0) is 0 Å². The highest BCUT2D eigenvalue weighted by Gasteiger charge is 2.53. The molecule has 0 radical (unpaired) electrons. The number of nitrogens with zero attached hydrogens (tertiary/aromatic N) is 1. The standard InChI is InChI=1S/C26H21NP/c27-21-26(22-13-5-1-6-14-22)28(23-15-7-2-8-16-23,24-17-9-3-10-18-24)25-19-11-4-12-20-25/h1-20,26H/q+1/t26-/m1/s1. The van der Waals surface area contributed by atoms with E-state index in [-0.39, 0.29) is 5.66 Å². The summed E-state index contributed by atoms with van der Waals surface area (Å²) in [6, 6.07) is 44.6. The van der Waals surface area contributed by atoms with Gasteiger partial charge in [-0.05, 0) is 36.4 Å². The molecule has 0 aliphatic rings. The molecule has 1 nitrogen and oxygen atoms in total. The first-order chi connectivity index (χ1) is 13.9. The van der Waals surface area contributed by atoms with E-state index in [2.05, 4.69) is 91.0 Å². The van der Waals surface area contributed by atoms with Crippen molar-refractivity contribution in [1.82, 2.24) is 0 Å². The highest BCUT2D eigenvalue weighted by molar-refractivity contribution is 7.96. The van der Waals surface area contributed by atoms with Gasteiger partial charge in [-0.1, -0.05) is 84.9 Å². The zero-order valence-electron chi connectivity index (χ0n) is 15.5. The Hall–Kier alpha value is -3.20. The van der Waals surface area contributed by atoms with Crippen LogP contribution in [0.25, 0.3) is 0 Å². The average molecular weight is 378 g/mol. The Kier molecular flexibility index (Phi) is 5.34. The molecule has 0 spiro atoms. The predicted octanol–water partition coefficient (Wildman–Crippen LogP) is 5.25. The molecule has 0 aliphatic carbocycles. The van der Waals surface area contributed by atoms with Crippen LogP contribution >= 0.6 is 7.26 Å². The van der Waals surface area contributed by atoms with Gasteiger partial charge in [0.1, 0.15) is 29.2 Å². The minimum absolute atomic E-state index is 0.263. The fourth-order valence-corrected chi connectivity index (χ4v) is 8.41. The molecule has 0 saturated heterocycles. The molecule has 4 aromatic rings. The van der Waals surface area contributed by atoms with Gasteiger partial charge in [0.05, 0.1) is 0 Å². The maximum Gasteiger partial charge on any atom is 0.193 e. The predicted molar refractivity (Wildman–Crippen MR) is 120 cm³/mol. The van der Waals surface area contributed by atoms with Crippen molar-refractivity contribution in [3.8, 4) is 6.07 Å². The second-order valence-corrected chi connectivity index (χ2v) is 10.2. The third-order valence-electron chi connectivity index (χ3n) is 5.12. The SMILES string of the molecule is N#C[C@H](c1ccccc1)[P+](c1ccccc1)(c1ccccc1)c1ccccc1. The molecule has 0 bridgehead atoms. The maximum absolute atomic E-state index is 10.5. The van der Waals surface area contributed by atoms with E-state index in [1.807, 2.05) is 36.4 Å². The Morgan fingerprint density at radius 1 is 0.500 bits per heavy atom. The fraction of sp³-hybridized carbons (Fsp3) is 0.0385. The monoisotopic (exact) mass is 378 g/mol. The van der Waals surface area contributed by atoms with Crippen molar-refractivity contribution in [1.29, 1.82) is 5.26 Å². The number of hydrogen-bond donors (Lipinski definition) is 0. The van der Waals surface area contributed by atoms with Gasteiger partial charge in [0.2, 0.25) is 0 Å². The summed E-state index contributed by atoms with van der Waals surface area (Å²) in [5, 5.41) is 14.2. The molecule has 2 heteroatoms. The van der Waals surface area contributed by atoms with Crippen LogP contribution < -0.4 is 15.9 Å². The topological polar surface area (TPSA) is 23.8 Å². The van der Waals surface area contributed by atoms with E-state index >= 15 is 0 Å². The van der Waals surface area contributed by atoms with E-state index < -0.39 is 7.26 Å². The normalized spacial score (nSPS) is 12.1. The molecule has 0 heterocycles. The Labute approximate surface area is 167 Å². The summed E-state index contributed by atoms with van der Waals surface area (Å²) >= 11 is 0. The van der Waals surface area contributed by atoms with Gasteiger partial charge in [-0.25, -0.2) is 0 Å². The summed E-state index contributed by atoms with van der Waals surface area (Å²) in [5.41, 5.74) is 0.802. The molecular formula is C26H21NP+. The van der Waals surface area contributed by atoms with Crippen molar-refractivity contribution in [3.63, 3.8) is 0 Å². The fourth-order valence-electron chi connectivity index (χ4n) is 3.90. The van der Waals surface area contributed by atoms with Crippen LogP contribution in [0.1, 0.15) is 11.2 Å². The lowest BCUT2D eigenvalue weighted by atomic mass is 10.2. The quantitative estimate of drug-likeness (QED) is 0.436. The van der Waals surface area contributed by atoms with Gasteiger partial charge in [-0.3, -0.25) is 0 Å². The molecule has 0 saturated carbocycles. The zero-order chi connectivity index (χ0) is 19.2. The van der Waals surface area contributed by atoms with Gasteiger partial charge >= 0.3 is 0 Å². The van der Waals surface area contributed by atoms with Crippen LogP contribution in [0.3, 0.4) is 0 Å². The summed E-state index contributed by atoms with van der Waals surface area (Å²) < 4.78 is 0. The summed E-state index contributed by atoms with van der Waals surface area (Å²) in [7, 11) is -2.25. The average Bonchev–Trinajstić information content (AvgIpc) is 2.80. The van der Waals surface area contributed by atoms with Crippen LogP contribution in [0.5, 0.6) is 0 Å². The number of nitriles is 1. The summed E-state index contributed by atoms with van der Waals surface area (Å²) in [5.74, 6) is 0. The third kappa shape index (κ3) is 3.13. The number of hydrogen-bond acceptors (Lipinski definition) is 1. The molecule has 0 fully saturated rings. The maximum atomic E-state index is 10.5. The minimum Gasteiger partial charge on any atom is -0.193 e. The van der Waals surface area contributed by atoms with E-state index in [0.717, 1.165) is 5.56 Å². The largest absolute Gasteiger partial charge is 0.193 e. The highest BCUT2D eigenvalue weighted by atomic mass is 31.2. The van der Waals surface area contributed by atoms with E-state index in [9.17, 15) is 5.26 Å². The molecule has 4 rings (SSSR count). The Bertz CT molecular complexity index is 958. The van der Waals surface area contributed by atoms with Crippen molar-refractivity contribution in [3.05, 3.63) is 127 Å². The first-order valence-corrected chi connectivity index (χ1v) is 11.2.